The zero-order valence-electron chi connectivity index (χ0n) is 13.2. The van der Waals surface area contributed by atoms with E-state index in [4.69, 9.17) is 9.47 Å². The van der Waals surface area contributed by atoms with Crippen molar-refractivity contribution in [1.29, 1.82) is 0 Å². The molecule has 0 bridgehead atoms. The summed E-state index contributed by atoms with van der Waals surface area (Å²) in [5, 5.41) is 5.45. The van der Waals surface area contributed by atoms with Gasteiger partial charge in [0.05, 0.1) is 6.54 Å². The summed E-state index contributed by atoms with van der Waals surface area (Å²) in [4.78, 5) is 19.3. The summed E-state index contributed by atoms with van der Waals surface area (Å²) in [5.41, 5.74) is 0.285. The summed E-state index contributed by atoms with van der Waals surface area (Å²) in [7, 11) is 0. The second kappa shape index (κ2) is 8.30. The van der Waals surface area contributed by atoms with E-state index in [1.165, 1.54) is 11.8 Å². The number of H-pyrrole nitrogens is 1. The lowest BCUT2D eigenvalue weighted by atomic mass is 10.4. The fraction of sp³-hybridized carbons (Fsp3) is 0.643. The average molecular weight is 326 g/mol. The van der Waals surface area contributed by atoms with Crippen LogP contribution in [0.2, 0.25) is 0 Å². The molecule has 7 nitrogen and oxygen atoms in total. The zero-order chi connectivity index (χ0) is 15.9. The number of hydrogen-bond acceptors (Lipinski definition) is 6. The molecule has 0 aromatic carbocycles. The molecule has 8 heteroatoms. The molecular weight excluding hydrogens is 304 g/mol. The van der Waals surface area contributed by atoms with Gasteiger partial charge in [0, 0.05) is 25.2 Å². The molecule has 2 rings (SSSR count). The van der Waals surface area contributed by atoms with Crippen molar-refractivity contribution in [3.05, 3.63) is 16.6 Å². The largest absolute Gasteiger partial charge is 0.351 e. The molecule has 2 aromatic rings. The topological polar surface area (TPSA) is 82.0 Å². The van der Waals surface area contributed by atoms with E-state index in [1.54, 1.807) is 10.9 Å². The highest BCUT2D eigenvalue weighted by molar-refractivity contribution is 7.99. The Morgan fingerprint density at radius 1 is 1.32 bits per heavy atom. The maximum atomic E-state index is 12.1. The SMILES string of the molecule is CCCSc1nc2nn(CC(OCC)OCC)cc2c(=O)[nH]1. The first kappa shape index (κ1) is 17.0. The van der Waals surface area contributed by atoms with Gasteiger partial charge in [0.25, 0.3) is 5.56 Å². The number of hydrogen-bond donors (Lipinski definition) is 1. The van der Waals surface area contributed by atoms with Crippen LogP contribution in [0.5, 0.6) is 0 Å². The highest BCUT2D eigenvalue weighted by Gasteiger charge is 2.13. The van der Waals surface area contributed by atoms with Crippen molar-refractivity contribution in [2.45, 2.75) is 45.2 Å². The van der Waals surface area contributed by atoms with Crippen molar-refractivity contribution in [2.24, 2.45) is 0 Å². The van der Waals surface area contributed by atoms with Crippen LogP contribution in [0.1, 0.15) is 27.2 Å². The van der Waals surface area contributed by atoms with Crippen LogP contribution in [0.3, 0.4) is 0 Å². The smallest absolute Gasteiger partial charge is 0.262 e. The molecule has 2 heterocycles. The molecule has 0 saturated carbocycles. The van der Waals surface area contributed by atoms with E-state index < -0.39 is 0 Å². The van der Waals surface area contributed by atoms with Gasteiger partial charge in [-0.25, -0.2) is 4.98 Å². The van der Waals surface area contributed by atoms with Crippen LogP contribution in [0.15, 0.2) is 16.1 Å². The number of fused-ring (bicyclic) bond motifs is 1. The predicted octanol–water partition coefficient (Wildman–Crippen LogP) is 2.02. The lowest BCUT2D eigenvalue weighted by Crippen LogP contribution is -2.23. The number of aromatic nitrogens is 4. The molecule has 22 heavy (non-hydrogen) atoms. The Morgan fingerprint density at radius 3 is 2.68 bits per heavy atom. The number of thioether (sulfide) groups is 1. The van der Waals surface area contributed by atoms with Crippen molar-refractivity contribution < 1.29 is 9.47 Å². The minimum absolute atomic E-state index is 0.167. The van der Waals surface area contributed by atoms with E-state index in [-0.39, 0.29) is 11.8 Å². The minimum atomic E-state index is -0.377. The van der Waals surface area contributed by atoms with Gasteiger partial charge in [0.2, 0.25) is 0 Å². The summed E-state index contributed by atoms with van der Waals surface area (Å²) in [6, 6.07) is 0. The van der Waals surface area contributed by atoms with E-state index in [9.17, 15) is 4.79 Å². The Kier molecular flexibility index (Phi) is 6.41. The molecule has 0 amide bonds. The molecule has 1 N–H and O–H groups in total. The Balaban J connectivity index is 2.21. The Morgan fingerprint density at radius 2 is 2.05 bits per heavy atom. The highest BCUT2D eigenvalue weighted by atomic mass is 32.2. The summed E-state index contributed by atoms with van der Waals surface area (Å²) in [6.45, 7) is 7.45. The van der Waals surface area contributed by atoms with Crippen LogP contribution in [0, 0.1) is 0 Å². The fourth-order valence-corrected chi connectivity index (χ4v) is 2.69. The molecule has 0 fully saturated rings. The quantitative estimate of drug-likeness (QED) is 0.431. The van der Waals surface area contributed by atoms with Gasteiger partial charge >= 0.3 is 0 Å². The van der Waals surface area contributed by atoms with Crippen molar-refractivity contribution in [1.82, 2.24) is 19.7 Å². The van der Waals surface area contributed by atoms with Crippen molar-refractivity contribution >= 4 is 22.8 Å². The summed E-state index contributed by atoms with van der Waals surface area (Å²) >= 11 is 1.52. The molecule has 2 aromatic heterocycles. The third-order valence-electron chi connectivity index (χ3n) is 2.90. The second-order valence-electron chi connectivity index (χ2n) is 4.65. The zero-order valence-corrected chi connectivity index (χ0v) is 14.0. The lowest BCUT2D eigenvalue weighted by Gasteiger charge is -2.16. The van der Waals surface area contributed by atoms with Gasteiger partial charge in [-0.3, -0.25) is 9.48 Å². The van der Waals surface area contributed by atoms with Gasteiger partial charge in [-0.05, 0) is 20.3 Å². The van der Waals surface area contributed by atoms with Crippen molar-refractivity contribution in [2.75, 3.05) is 19.0 Å². The minimum Gasteiger partial charge on any atom is -0.351 e. The molecule has 0 atom stereocenters. The van der Waals surface area contributed by atoms with Gasteiger partial charge in [0.15, 0.2) is 17.1 Å². The summed E-state index contributed by atoms with van der Waals surface area (Å²) in [6.07, 6.45) is 2.32. The molecule has 0 spiro atoms. The van der Waals surface area contributed by atoms with Crippen LogP contribution in [-0.4, -0.2) is 45.0 Å². The predicted molar refractivity (Wildman–Crippen MR) is 86.2 cm³/mol. The first-order valence-electron chi connectivity index (χ1n) is 7.51. The molecule has 0 radical (unpaired) electrons. The molecule has 0 saturated heterocycles. The van der Waals surface area contributed by atoms with E-state index in [0.29, 0.717) is 35.9 Å². The molecule has 122 valence electrons. The Bertz CT molecular complexity index is 649. The fourth-order valence-electron chi connectivity index (χ4n) is 1.98. The number of nitrogens with zero attached hydrogens (tertiary/aromatic N) is 3. The number of rotatable bonds is 9. The second-order valence-corrected chi connectivity index (χ2v) is 5.73. The maximum absolute atomic E-state index is 12.1. The van der Waals surface area contributed by atoms with E-state index in [1.807, 2.05) is 13.8 Å². The molecule has 0 aliphatic carbocycles. The van der Waals surface area contributed by atoms with Gasteiger partial charge in [-0.15, -0.1) is 0 Å². The van der Waals surface area contributed by atoms with Gasteiger partial charge < -0.3 is 14.5 Å². The average Bonchev–Trinajstić information content (AvgIpc) is 2.89. The van der Waals surface area contributed by atoms with E-state index in [2.05, 4.69) is 22.0 Å². The third-order valence-corrected chi connectivity index (χ3v) is 3.98. The molecular formula is C14H22N4O3S. The normalized spacial score (nSPS) is 11.6. The number of nitrogens with one attached hydrogen (secondary N) is 1. The van der Waals surface area contributed by atoms with Gasteiger partial charge in [-0.1, -0.05) is 18.7 Å². The van der Waals surface area contributed by atoms with Gasteiger partial charge in [0.1, 0.15) is 5.39 Å². The van der Waals surface area contributed by atoms with Crippen LogP contribution in [0.25, 0.3) is 11.0 Å². The Labute approximate surface area is 133 Å². The van der Waals surface area contributed by atoms with E-state index >= 15 is 0 Å². The van der Waals surface area contributed by atoms with Crippen LogP contribution >= 0.6 is 11.8 Å². The summed E-state index contributed by atoms with van der Waals surface area (Å²) < 4.78 is 12.6. The van der Waals surface area contributed by atoms with Crippen LogP contribution in [-0.2, 0) is 16.0 Å². The van der Waals surface area contributed by atoms with E-state index in [0.717, 1.165) is 12.2 Å². The molecule has 0 aliphatic rings. The standard InChI is InChI=1S/C14H22N4O3S/c1-4-7-22-14-15-12-10(13(19)16-14)8-18(17-12)9-11(20-5-2)21-6-3/h8,11H,4-7,9H2,1-3H3,(H,15,16,17,19). The highest BCUT2D eigenvalue weighted by Crippen LogP contribution is 2.15. The first-order valence-corrected chi connectivity index (χ1v) is 8.49. The summed E-state index contributed by atoms with van der Waals surface area (Å²) in [5.74, 6) is 0.909. The van der Waals surface area contributed by atoms with Crippen LogP contribution < -0.4 is 5.56 Å². The molecule has 0 aliphatic heterocycles. The molecule has 0 unspecified atom stereocenters. The third kappa shape index (κ3) is 4.31. The van der Waals surface area contributed by atoms with Gasteiger partial charge in [-0.2, -0.15) is 5.10 Å². The maximum Gasteiger partial charge on any atom is 0.262 e. The van der Waals surface area contributed by atoms with Crippen LogP contribution in [0.4, 0.5) is 0 Å². The first-order chi connectivity index (χ1) is 10.7. The van der Waals surface area contributed by atoms with Crippen molar-refractivity contribution in [3.63, 3.8) is 0 Å². The number of aromatic amines is 1. The monoisotopic (exact) mass is 326 g/mol. The number of ether oxygens (including phenoxy) is 2. The van der Waals surface area contributed by atoms with Crippen molar-refractivity contribution in [3.8, 4) is 0 Å². The lowest BCUT2D eigenvalue weighted by molar-refractivity contribution is -0.144. The Hall–Kier alpha value is -1.38.